The Morgan fingerprint density at radius 3 is 2.73 bits per heavy atom. The van der Waals surface area contributed by atoms with Gasteiger partial charge in [0, 0.05) is 16.0 Å². The number of benzene rings is 1. The van der Waals surface area contributed by atoms with E-state index in [9.17, 15) is 0 Å². The monoisotopic (exact) mass is 257 g/mol. The number of nitrogens with zero attached hydrogens (tertiary/aromatic N) is 1. The third kappa shape index (κ3) is 2.33. The maximum absolute atomic E-state index is 6.10. The maximum Gasteiger partial charge on any atom is 0.0929 e. The van der Waals surface area contributed by atoms with E-state index in [2.05, 4.69) is 11.9 Å². The molecule has 1 aromatic carbocycles. The van der Waals surface area contributed by atoms with E-state index in [1.54, 1.807) is 17.4 Å². The van der Waals surface area contributed by atoms with Gasteiger partial charge in [-0.25, -0.2) is 4.98 Å². The summed E-state index contributed by atoms with van der Waals surface area (Å²) in [5.74, 6) is 0. The molecule has 0 saturated heterocycles. The van der Waals surface area contributed by atoms with E-state index >= 15 is 0 Å². The van der Waals surface area contributed by atoms with Crippen molar-refractivity contribution >= 4 is 34.5 Å². The van der Waals surface area contributed by atoms with E-state index in [0.717, 1.165) is 22.7 Å². The second-order valence-corrected chi connectivity index (χ2v) is 4.89. The van der Waals surface area contributed by atoms with Gasteiger partial charge >= 0.3 is 0 Å². The molecular weight excluding hydrogens is 249 g/mol. The normalized spacial score (nSPS) is 10.6. The van der Waals surface area contributed by atoms with Crippen LogP contribution in [0.1, 0.15) is 11.9 Å². The smallest absolute Gasteiger partial charge is 0.0929 e. The van der Waals surface area contributed by atoms with Crippen molar-refractivity contribution in [1.82, 2.24) is 4.98 Å². The van der Waals surface area contributed by atoms with Gasteiger partial charge in [0.15, 0.2) is 0 Å². The summed E-state index contributed by atoms with van der Waals surface area (Å²) in [7, 11) is 0. The van der Waals surface area contributed by atoms with Gasteiger partial charge in [-0.05, 0) is 24.6 Å². The fourth-order valence-corrected chi connectivity index (χ4v) is 2.54. The van der Waals surface area contributed by atoms with E-state index in [0.29, 0.717) is 10.0 Å². The Bertz CT molecular complexity index is 479. The fraction of sp³-hybridized carbons (Fsp3) is 0.182. The number of rotatable bonds is 2. The van der Waals surface area contributed by atoms with Crippen LogP contribution in [-0.4, -0.2) is 4.98 Å². The van der Waals surface area contributed by atoms with Crippen LogP contribution in [0.15, 0.2) is 23.6 Å². The second kappa shape index (κ2) is 4.52. The molecule has 0 bridgehead atoms. The molecule has 4 heteroatoms. The molecule has 0 aliphatic carbocycles. The molecule has 0 saturated carbocycles. The molecule has 1 aromatic heterocycles. The third-order valence-electron chi connectivity index (χ3n) is 2.06. The summed E-state index contributed by atoms with van der Waals surface area (Å²) in [6.07, 6.45) is 0.954. The quantitative estimate of drug-likeness (QED) is 0.762. The summed E-state index contributed by atoms with van der Waals surface area (Å²) in [6.45, 7) is 2.09. The van der Waals surface area contributed by atoms with Gasteiger partial charge in [0.2, 0.25) is 0 Å². The van der Waals surface area contributed by atoms with Crippen molar-refractivity contribution in [3.8, 4) is 11.3 Å². The molecule has 2 rings (SSSR count). The van der Waals surface area contributed by atoms with Crippen LogP contribution in [0, 0.1) is 0 Å². The number of thiazole rings is 1. The molecule has 0 atom stereocenters. The zero-order chi connectivity index (χ0) is 10.8. The van der Waals surface area contributed by atoms with Crippen LogP contribution < -0.4 is 0 Å². The van der Waals surface area contributed by atoms with Crippen molar-refractivity contribution in [3.05, 3.63) is 38.6 Å². The first kappa shape index (κ1) is 10.9. The Morgan fingerprint density at radius 1 is 1.33 bits per heavy atom. The summed E-state index contributed by atoms with van der Waals surface area (Å²) in [5.41, 5.74) is 1.87. The molecule has 0 unspecified atom stereocenters. The Morgan fingerprint density at radius 2 is 2.13 bits per heavy atom. The summed E-state index contributed by atoms with van der Waals surface area (Å²) in [6, 6.07) is 5.47. The van der Waals surface area contributed by atoms with E-state index in [1.165, 1.54) is 0 Å². The molecule has 0 N–H and O–H groups in total. The topological polar surface area (TPSA) is 12.9 Å². The summed E-state index contributed by atoms with van der Waals surface area (Å²) in [5, 5.41) is 4.44. The highest BCUT2D eigenvalue weighted by Crippen LogP contribution is 2.30. The summed E-state index contributed by atoms with van der Waals surface area (Å²) >= 11 is 13.6. The number of halogens is 2. The Kier molecular flexibility index (Phi) is 3.29. The molecule has 1 nitrogen and oxygen atoms in total. The average Bonchev–Trinajstić information content (AvgIpc) is 2.66. The van der Waals surface area contributed by atoms with Gasteiger partial charge in [-0.2, -0.15) is 0 Å². The number of aryl methyl sites for hydroxylation is 1. The molecule has 15 heavy (non-hydrogen) atoms. The molecule has 0 aliphatic heterocycles. The maximum atomic E-state index is 6.10. The predicted molar refractivity (Wildman–Crippen MR) is 66.9 cm³/mol. The largest absolute Gasteiger partial charge is 0.241 e. The van der Waals surface area contributed by atoms with Crippen LogP contribution in [0.4, 0.5) is 0 Å². The first-order valence-electron chi connectivity index (χ1n) is 4.60. The highest BCUT2D eigenvalue weighted by Gasteiger charge is 2.07. The molecule has 1 heterocycles. The van der Waals surface area contributed by atoms with E-state index in [-0.39, 0.29) is 0 Å². The number of aromatic nitrogens is 1. The van der Waals surface area contributed by atoms with E-state index < -0.39 is 0 Å². The SMILES string of the molecule is CCc1nc(-c2ccc(Cl)cc2Cl)cs1. The van der Waals surface area contributed by atoms with Crippen molar-refractivity contribution in [2.24, 2.45) is 0 Å². The van der Waals surface area contributed by atoms with Crippen molar-refractivity contribution < 1.29 is 0 Å². The molecular formula is C11H9Cl2NS. The number of hydrogen-bond donors (Lipinski definition) is 0. The predicted octanol–water partition coefficient (Wildman–Crippen LogP) is 4.68. The van der Waals surface area contributed by atoms with Crippen LogP contribution in [0.2, 0.25) is 10.0 Å². The minimum atomic E-state index is 0.648. The van der Waals surface area contributed by atoms with Gasteiger partial charge in [-0.3, -0.25) is 0 Å². The van der Waals surface area contributed by atoms with Gasteiger partial charge in [-0.15, -0.1) is 11.3 Å². The van der Waals surface area contributed by atoms with Gasteiger partial charge < -0.3 is 0 Å². The van der Waals surface area contributed by atoms with Crippen molar-refractivity contribution in [3.63, 3.8) is 0 Å². The summed E-state index contributed by atoms with van der Waals surface area (Å²) in [4.78, 5) is 4.48. The third-order valence-corrected chi connectivity index (χ3v) is 3.60. The fourth-order valence-electron chi connectivity index (χ4n) is 1.29. The van der Waals surface area contributed by atoms with E-state index in [1.807, 2.05) is 17.5 Å². The molecule has 0 amide bonds. The Labute approximate surface area is 103 Å². The molecule has 0 spiro atoms. The van der Waals surface area contributed by atoms with Crippen molar-refractivity contribution in [2.75, 3.05) is 0 Å². The Balaban J connectivity index is 2.44. The lowest BCUT2D eigenvalue weighted by Crippen LogP contribution is -1.81. The highest BCUT2D eigenvalue weighted by atomic mass is 35.5. The van der Waals surface area contributed by atoms with Gasteiger partial charge in [0.05, 0.1) is 15.7 Å². The first-order chi connectivity index (χ1) is 7.20. The molecule has 0 fully saturated rings. The molecule has 78 valence electrons. The standard InChI is InChI=1S/C11H9Cl2NS/c1-2-11-14-10(6-15-11)8-4-3-7(12)5-9(8)13/h3-6H,2H2,1H3. The van der Waals surface area contributed by atoms with Gasteiger partial charge in [0.25, 0.3) is 0 Å². The van der Waals surface area contributed by atoms with Gasteiger partial charge in [-0.1, -0.05) is 30.1 Å². The zero-order valence-electron chi connectivity index (χ0n) is 8.13. The number of hydrogen-bond acceptors (Lipinski definition) is 2. The van der Waals surface area contributed by atoms with Crippen LogP contribution in [-0.2, 0) is 6.42 Å². The minimum Gasteiger partial charge on any atom is -0.241 e. The summed E-state index contributed by atoms with van der Waals surface area (Å²) < 4.78 is 0. The van der Waals surface area contributed by atoms with Crippen LogP contribution in [0.25, 0.3) is 11.3 Å². The lowest BCUT2D eigenvalue weighted by Gasteiger charge is -2.00. The first-order valence-corrected chi connectivity index (χ1v) is 6.24. The highest BCUT2D eigenvalue weighted by molar-refractivity contribution is 7.09. The second-order valence-electron chi connectivity index (χ2n) is 3.10. The van der Waals surface area contributed by atoms with E-state index in [4.69, 9.17) is 23.2 Å². The Hall–Kier alpha value is -0.570. The lowest BCUT2D eigenvalue weighted by atomic mass is 10.2. The van der Waals surface area contributed by atoms with Crippen molar-refractivity contribution in [2.45, 2.75) is 13.3 Å². The van der Waals surface area contributed by atoms with Gasteiger partial charge in [0.1, 0.15) is 0 Å². The molecule has 0 radical (unpaired) electrons. The van der Waals surface area contributed by atoms with Crippen LogP contribution in [0.5, 0.6) is 0 Å². The minimum absolute atomic E-state index is 0.648. The molecule has 0 aliphatic rings. The van der Waals surface area contributed by atoms with Crippen LogP contribution in [0.3, 0.4) is 0 Å². The lowest BCUT2D eigenvalue weighted by molar-refractivity contribution is 1.10. The van der Waals surface area contributed by atoms with Crippen LogP contribution >= 0.6 is 34.5 Å². The zero-order valence-corrected chi connectivity index (χ0v) is 10.5. The average molecular weight is 258 g/mol. The van der Waals surface area contributed by atoms with Crippen molar-refractivity contribution in [1.29, 1.82) is 0 Å². The molecule has 2 aromatic rings.